The maximum atomic E-state index is 14.9. The summed E-state index contributed by atoms with van der Waals surface area (Å²) >= 11 is 0. The molecule has 0 unspecified atom stereocenters. The maximum absolute atomic E-state index is 14.9. The highest BCUT2D eigenvalue weighted by atomic mass is 32.2. The van der Waals surface area contributed by atoms with E-state index >= 15 is 0 Å². The van der Waals surface area contributed by atoms with E-state index in [2.05, 4.69) is 4.90 Å². The number of likely N-dealkylation sites (tertiary alicyclic amines) is 1. The molecule has 1 amide bonds. The average Bonchev–Trinajstić information content (AvgIpc) is 3.12. The van der Waals surface area contributed by atoms with Crippen LogP contribution in [-0.2, 0) is 24.3 Å². The topological polar surface area (TPSA) is 107 Å². The normalized spacial score (nSPS) is 20.9. The van der Waals surface area contributed by atoms with E-state index in [4.69, 9.17) is 4.74 Å². The summed E-state index contributed by atoms with van der Waals surface area (Å²) in [6.07, 6.45) is 0. The van der Waals surface area contributed by atoms with Crippen molar-refractivity contribution in [2.45, 2.75) is 10.9 Å². The molecule has 0 aliphatic carbocycles. The lowest BCUT2D eigenvalue weighted by molar-refractivity contribution is -0.140. The molecule has 0 bridgehead atoms. The molecule has 2 aliphatic rings. The van der Waals surface area contributed by atoms with Gasteiger partial charge in [-0.1, -0.05) is 18.2 Å². The number of Topliss-reactive ketones (excluding diaryl/α,β-unsaturated/α-hetero) is 1. The van der Waals surface area contributed by atoms with Crippen LogP contribution in [0.5, 0.6) is 0 Å². The Morgan fingerprint density at radius 2 is 1.69 bits per heavy atom. The molecule has 0 radical (unpaired) electrons. The van der Waals surface area contributed by atoms with Gasteiger partial charge in [0.25, 0.3) is 11.7 Å². The molecule has 11 heteroatoms. The van der Waals surface area contributed by atoms with Crippen molar-refractivity contribution in [3.05, 3.63) is 71.0 Å². The van der Waals surface area contributed by atoms with Crippen LogP contribution in [0, 0.1) is 5.82 Å². The fourth-order valence-electron chi connectivity index (χ4n) is 4.36. The first-order chi connectivity index (χ1) is 17.1. The van der Waals surface area contributed by atoms with Gasteiger partial charge in [-0.25, -0.2) is 17.1 Å². The number of hydrogen-bond donors (Lipinski definition) is 1. The van der Waals surface area contributed by atoms with Crippen molar-refractivity contribution >= 4 is 27.5 Å². The van der Waals surface area contributed by atoms with Crippen LogP contribution in [-0.4, -0.2) is 92.8 Å². The number of nitrogens with zero attached hydrogens (tertiary/aromatic N) is 3. The van der Waals surface area contributed by atoms with E-state index in [1.54, 1.807) is 6.07 Å². The summed E-state index contributed by atoms with van der Waals surface area (Å²) in [5.74, 6) is -2.86. The summed E-state index contributed by atoms with van der Waals surface area (Å²) in [6.45, 7) is 3.09. The Labute approximate surface area is 209 Å². The van der Waals surface area contributed by atoms with Crippen molar-refractivity contribution in [1.29, 1.82) is 0 Å². The zero-order valence-electron chi connectivity index (χ0n) is 20.1. The lowest BCUT2D eigenvalue weighted by Crippen LogP contribution is -2.42. The number of benzene rings is 2. The van der Waals surface area contributed by atoms with Crippen molar-refractivity contribution in [3.63, 3.8) is 0 Å². The van der Waals surface area contributed by atoms with E-state index in [0.717, 1.165) is 4.31 Å². The highest BCUT2D eigenvalue weighted by Gasteiger charge is 2.46. The third-order valence-electron chi connectivity index (χ3n) is 6.41. The van der Waals surface area contributed by atoms with Crippen molar-refractivity contribution in [2.24, 2.45) is 0 Å². The van der Waals surface area contributed by atoms with Crippen LogP contribution >= 0.6 is 0 Å². The molecule has 2 aromatic rings. The number of morpholine rings is 1. The molecule has 192 valence electrons. The number of sulfonamides is 1. The van der Waals surface area contributed by atoms with Gasteiger partial charge in [-0.05, 0) is 30.3 Å². The Balaban J connectivity index is 1.74. The van der Waals surface area contributed by atoms with Gasteiger partial charge in [0, 0.05) is 51.4 Å². The number of hydrogen-bond acceptors (Lipinski definition) is 7. The highest BCUT2D eigenvalue weighted by Crippen LogP contribution is 2.40. The SMILES string of the molecule is CN(C)S(=O)(=O)c1ccc(/C(O)=C2\C(=O)C(=O)N(CCN3CCOCC3)[C@H]2c2ccccc2F)cc1. The van der Waals surface area contributed by atoms with E-state index < -0.39 is 39.3 Å². The van der Waals surface area contributed by atoms with E-state index in [1.807, 2.05) is 0 Å². The number of ketones is 1. The Kier molecular flexibility index (Phi) is 7.55. The first-order valence-electron chi connectivity index (χ1n) is 11.5. The van der Waals surface area contributed by atoms with Gasteiger partial charge in [-0.15, -0.1) is 0 Å². The van der Waals surface area contributed by atoms with Gasteiger partial charge in [0.2, 0.25) is 10.0 Å². The van der Waals surface area contributed by atoms with Gasteiger partial charge in [0.1, 0.15) is 11.6 Å². The fraction of sp³-hybridized carbons (Fsp3) is 0.360. The smallest absolute Gasteiger partial charge is 0.295 e. The lowest BCUT2D eigenvalue weighted by atomic mass is 9.95. The van der Waals surface area contributed by atoms with Gasteiger partial charge >= 0.3 is 0 Å². The van der Waals surface area contributed by atoms with E-state index in [9.17, 15) is 27.5 Å². The van der Waals surface area contributed by atoms with Crippen LogP contribution in [0.1, 0.15) is 17.2 Å². The van der Waals surface area contributed by atoms with Crippen molar-refractivity contribution < 1.29 is 32.2 Å². The summed E-state index contributed by atoms with van der Waals surface area (Å²) in [5.41, 5.74) is -0.0115. The molecule has 4 rings (SSSR count). The summed E-state index contributed by atoms with van der Waals surface area (Å²) in [7, 11) is -0.903. The van der Waals surface area contributed by atoms with Crippen molar-refractivity contribution in [3.8, 4) is 0 Å². The summed E-state index contributed by atoms with van der Waals surface area (Å²) in [4.78, 5) is 29.6. The van der Waals surface area contributed by atoms with Gasteiger partial charge in [0.05, 0.1) is 29.7 Å². The van der Waals surface area contributed by atoms with Crippen LogP contribution < -0.4 is 0 Å². The number of halogens is 1. The Hall–Kier alpha value is -3.12. The average molecular weight is 518 g/mol. The van der Waals surface area contributed by atoms with Crippen molar-refractivity contribution in [2.75, 3.05) is 53.5 Å². The molecule has 0 saturated carbocycles. The van der Waals surface area contributed by atoms with E-state index in [1.165, 1.54) is 61.5 Å². The molecule has 0 spiro atoms. The zero-order chi connectivity index (χ0) is 26.0. The van der Waals surface area contributed by atoms with Gasteiger partial charge in [-0.3, -0.25) is 14.5 Å². The minimum absolute atomic E-state index is 0.000617. The fourth-order valence-corrected chi connectivity index (χ4v) is 5.26. The van der Waals surface area contributed by atoms with E-state index in [0.29, 0.717) is 32.8 Å². The standard InChI is InChI=1S/C25H28FN3O6S/c1-27(2)36(33,34)18-9-7-17(8-10-18)23(30)21-22(19-5-3-4-6-20(19)26)29(25(32)24(21)31)12-11-28-13-15-35-16-14-28/h3-10,22,30H,11-16H2,1-2H3/b23-21+/t22-/m0/s1. The molecule has 2 aliphatic heterocycles. The number of carbonyl (C=O) groups excluding carboxylic acids is 2. The molecule has 2 saturated heterocycles. The molecule has 2 heterocycles. The van der Waals surface area contributed by atoms with Crippen molar-refractivity contribution in [1.82, 2.24) is 14.1 Å². The molecule has 9 nitrogen and oxygen atoms in total. The minimum Gasteiger partial charge on any atom is -0.507 e. The zero-order valence-corrected chi connectivity index (χ0v) is 20.9. The number of ether oxygens (including phenoxy) is 1. The highest BCUT2D eigenvalue weighted by molar-refractivity contribution is 7.89. The van der Waals surface area contributed by atoms with Gasteiger partial charge < -0.3 is 14.7 Å². The molecule has 2 aromatic carbocycles. The number of rotatable bonds is 7. The first kappa shape index (κ1) is 26.0. The first-order valence-corrected chi connectivity index (χ1v) is 12.9. The summed E-state index contributed by atoms with van der Waals surface area (Å²) < 4.78 is 46.1. The predicted octanol–water partition coefficient (Wildman–Crippen LogP) is 1.83. The summed E-state index contributed by atoms with van der Waals surface area (Å²) in [6, 6.07) is 10.00. The second-order valence-electron chi connectivity index (χ2n) is 8.78. The molecular weight excluding hydrogens is 489 g/mol. The number of aliphatic hydroxyl groups excluding tert-OH is 1. The quantitative estimate of drug-likeness (QED) is 0.339. The van der Waals surface area contributed by atoms with Crippen LogP contribution in [0.4, 0.5) is 4.39 Å². The monoisotopic (exact) mass is 517 g/mol. The van der Waals surface area contributed by atoms with Crippen LogP contribution in [0.25, 0.3) is 5.76 Å². The lowest BCUT2D eigenvalue weighted by Gasteiger charge is -2.31. The third kappa shape index (κ3) is 4.92. The second-order valence-corrected chi connectivity index (χ2v) is 10.9. The predicted molar refractivity (Wildman–Crippen MR) is 130 cm³/mol. The molecular formula is C25H28FN3O6S. The van der Waals surface area contributed by atoms with Crippen LogP contribution in [0.15, 0.2) is 59.0 Å². The minimum atomic E-state index is -3.70. The van der Waals surface area contributed by atoms with Gasteiger partial charge in [0.15, 0.2) is 0 Å². The summed E-state index contributed by atoms with van der Waals surface area (Å²) in [5, 5.41) is 11.1. The number of carbonyl (C=O) groups is 2. The number of amides is 1. The molecule has 36 heavy (non-hydrogen) atoms. The van der Waals surface area contributed by atoms with Crippen LogP contribution in [0.3, 0.4) is 0 Å². The maximum Gasteiger partial charge on any atom is 0.295 e. The molecule has 1 atom stereocenters. The molecule has 2 fully saturated rings. The molecule has 1 N–H and O–H groups in total. The van der Waals surface area contributed by atoms with Crippen LogP contribution in [0.2, 0.25) is 0 Å². The van der Waals surface area contributed by atoms with Gasteiger partial charge in [-0.2, -0.15) is 0 Å². The Morgan fingerprint density at radius 1 is 1.06 bits per heavy atom. The van der Waals surface area contributed by atoms with E-state index in [-0.39, 0.29) is 28.1 Å². The third-order valence-corrected chi connectivity index (χ3v) is 8.24. The number of aliphatic hydroxyl groups is 1. The second kappa shape index (κ2) is 10.5. The largest absolute Gasteiger partial charge is 0.507 e. The Bertz CT molecular complexity index is 1290. The Morgan fingerprint density at radius 3 is 2.31 bits per heavy atom. The molecule has 0 aromatic heterocycles.